The van der Waals surface area contributed by atoms with Crippen molar-refractivity contribution in [1.82, 2.24) is 4.90 Å². The molecule has 0 bridgehead atoms. The van der Waals surface area contributed by atoms with Crippen LogP contribution in [-0.4, -0.2) is 42.9 Å². The maximum atomic E-state index is 10.1. The Labute approximate surface area is 127 Å². The fourth-order valence-electron chi connectivity index (χ4n) is 3.03. The summed E-state index contributed by atoms with van der Waals surface area (Å²) in [5.41, 5.74) is 6.64. The van der Waals surface area contributed by atoms with Crippen molar-refractivity contribution in [3.05, 3.63) is 29.8 Å². The summed E-state index contributed by atoms with van der Waals surface area (Å²) in [5, 5.41) is 10.1. The molecule has 3 N–H and O–H groups in total. The summed E-state index contributed by atoms with van der Waals surface area (Å²) in [6.45, 7) is 2.62. The lowest BCUT2D eigenvalue weighted by Crippen LogP contribution is -2.35. The standard InChI is InChI=1S/C17H28N2O2/c1-19(11-15-4-2-3-5-15)12-16(20)13-21-17-8-6-14(10-18)7-9-17/h6-9,15-16,20H,2-5,10-13,18H2,1H3. The van der Waals surface area contributed by atoms with Crippen LogP contribution in [0.15, 0.2) is 24.3 Å². The van der Waals surface area contributed by atoms with Crippen molar-refractivity contribution in [1.29, 1.82) is 0 Å². The number of hydrogen-bond donors (Lipinski definition) is 2. The molecule has 118 valence electrons. The van der Waals surface area contributed by atoms with Gasteiger partial charge in [-0.25, -0.2) is 0 Å². The van der Waals surface area contributed by atoms with Gasteiger partial charge in [0.2, 0.25) is 0 Å². The zero-order valence-corrected chi connectivity index (χ0v) is 13.0. The molecule has 0 amide bonds. The van der Waals surface area contributed by atoms with Crippen LogP contribution in [0, 0.1) is 5.92 Å². The number of benzene rings is 1. The third-order valence-electron chi connectivity index (χ3n) is 4.17. The largest absolute Gasteiger partial charge is 0.491 e. The molecule has 0 radical (unpaired) electrons. The molecular formula is C17H28N2O2. The van der Waals surface area contributed by atoms with Crippen molar-refractivity contribution in [2.24, 2.45) is 11.7 Å². The Kier molecular flexibility index (Phi) is 6.49. The third kappa shape index (κ3) is 5.65. The zero-order valence-electron chi connectivity index (χ0n) is 13.0. The predicted molar refractivity (Wildman–Crippen MR) is 85.3 cm³/mol. The Morgan fingerprint density at radius 1 is 1.29 bits per heavy atom. The van der Waals surface area contributed by atoms with E-state index >= 15 is 0 Å². The number of aliphatic hydroxyl groups excluding tert-OH is 1. The Morgan fingerprint density at radius 3 is 2.57 bits per heavy atom. The monoisotopic (exact) mass is 292 g/mol. The number of hydrogen-bond acceptors (Lipinski definition) is 4. The van der Waals surface area contributed by atoms with Crippen molar-refractivity contribution in [2.45, 2.75) is 38.3 Å². The van der Waals surface area contributed by atoms with Crippen molar-refractivity contribution in [3.8, 4) is 5.75 Å². The van der Waals surface area contributed by atoms with Crippen molar-refractivity contribution >= 4 is 0 Å². The molecule has 4 heteroatoms. The van der Waals surface area contributed by atoms with Crippen LogP contribution in [0.25, 0.3) is 0 Å². The van der Waals surface area contributed by atoms with Gasteiger partial charge in [-0.1, -0.05) is 25.0 Å². The van der Waals surface area contributed by atoms with Crippen LogP contribution in [0.5, 0.6) is 5.75 Å². The minimum absolute atomic E-state index is 0.330. The van der Waals surface area contributed by atoms with Crippen LogP contribution >= 0.6 is 0 Å². The minimum Gasteiger partial charge on any atom is -0.491 e. The van der Waals surface area contributed by atoms with Gasteiger partial charge in [-0.3, -0.25) is 0 Å². The number of aliphatic hydroxyl groups is 1. The molecule has 1 fully saturated rings. The molecule has 4 nitrogen and oxygen atoms in total. The molecule has 1 aliphatic carbocycles. The Balaban J connectivity index is 1.66. The molecule has 1 saturated carbocycles. The van der Waals surface area contributed by atoms with E-state index in [9.17, 15) is 5.11 Å². The summed E-state index contributed by atoms with van der Waals surface area (Å²) < 4.78 is 5.62. The van der Waals surface area contributed by atoms with E-state index in [2.05, 4.69) is 11.9 Å². The highest BCUT2D eigenvalue weighted by Gasteiger charge is 2.18. The van der Waals surface area contributed by atoms with E-state index in [4.69, 9.17) is 10.5 Å². The smallest absolute Gasteiger partial charge is 0.119 e. The van der Waals surface area contributed by atoms with Crippen LogP contribution < -0.4 is 10.5 Å². The van der Waals surface area contributed by atoms with Gasteiger partial charge in [0.1, 0.15) is 18.5 Å². The minimum atomic E-state index is -0.453. The van der Waals surface area contributed by atoms with Crippen molar-refractivity contribution in [3.63, 3.8) is 0 Å². The first-order chi connectivity index (χ1) is 10.2. The summed E-state index contributed by atoms with van der Waals surface area (Å²) in [4.78, 5) is 2.22. The number of nitrogens with two attached hydrogens (primary N) is 1. The van der Waals surface area contributed by atoms with Gasteiger partial charge in [0.15, 0.2) is 0 Å². The van der Waals surface area contributed by atoms with Gasteiger partial charge >= 0.3 is 0 Å². The quantitative estimate of drug-likeness (QED) is 0.769. The Bertz CT molecular complexity index is 402. The number of rotatable bonds is 8. The second-order valence-corrected chi connectivity index (χ2v) is 6.18. The van der Waals surface area contributed by atoms with E-state index < -0.39 is 6.10 Å². The number of ether oxygens (including phenoxy) is 1. The van der Waals surface area contributed by atoms with E-state index in [-0.39, 0.29) is 0 Å². The summed E-state index contributed by atoms with van der Waals surface area (Å²) in [6.07, 6.45) is 4.95. The van der Waals surface area contributed by atoms with E-state index in [1.807, 2.05) is 24.3 Å². The van der Waals surface area contributed by atoms with Gasteiger partial charge in [-0.15, -0.1) is 0 Å². The summed E-state index contributed by atoms with van der Waals surface area (Å²) >= 11 is 0. The van der Waals surface area contributed by atoms with Crippen LogP contribution in [-0.2, 0) is 6.54 Å². The van der Waals surface area contributed by atoms with Gasteiger partial charge in [-0.05, 0) is 43.5 Å². The molecule has 0 saturated heterocycles. The average molecular weight is 292 g/mol. The van der Waals surface area contributed by atoms with Crippen LogP contribution in [0.1, 0.15) is 31.2 Å². The van der Waals surface area contributed by atoms with Crippen LogP contribution in [0.3, 0.4) is 0 Å². The first kappa shape index (κ1) is 16.3. The maximum absolute atomic E-state index is 10.1. The third-order valence-corrected chi connectivity index (χ3v) is 4.17. The van der Waals surface area contributed by atoms with E-state index in [0.717, 1.165) is 23.8 Å². The van der Waals surface area contributed by atoms with Gasteiger partial charge < -0.3 is 20.5 Å². The van der Waals surface area contributed by atoms with Crippen LogP contribution in [0.4, 0.5) is 0 Å². The summed E-state index contributed by atoms with van der Waals surface area (Å²) in [7, 11) is 2.08. The number of nitrogens with zero attached hydrogens (tertiary/aromatic N) is 1. The fraction of sp³-hybridized carbons (Fsp3) is 0.647. The van der Waals surface area contributed by atoms with E-state index in [1.54, 1.807) is 0 Å². The lowest BCUT2D eigenvalue weighted by atomic mass is 10.1. The molecule has 0 aromatic heterocycles. The van der Waals surface area contributed by atoms with Gasteiger partial charge in [0.25, 0.3) is 0 Å². The van der Waals surface area contributed by atoms with Gasteiger partial charge in [0, 0.05) is 19.6 Å². The summed E-state index contributed by atoms with van der Waals surface area (Å²) in [5.74, 6) is 1.59. The van der Waals surface area contributed by atoms with Crippen molar-refractivity contribution < 1.29 is 9.84 Å². The van der Waals surface area contributed by atoms with E-state index in [0.29, 0.717) is 19.7 Å². The second kappa shape index (κ2) is 8.37. The lowest BCUT2D eigenvalue weighted by molar-refractivity contribution is 0.0720. The first-order valence-electron chi connectivity index (χ1n) is 7.96. The molecule has 1 aromatic carbocycles. The van der Waals surface area contributed by atoms with Gasteiger partial charge in [-0.2, -0.15) is 0 Å². The first-order valence-corrected chi connectivity index (χ1v) is 7.96. The molecule has 1 aliphatic rings. The molecular weight excluding hydrogens is 264 g/mol. The maximum Gasteiger partial charge on any atom is 0.119 e. The zero-order chi connectivity index (χ0) is 15.1. The number of likely N-dealkylation sites (N-methyl/N-ethyl adjacent to an activating group) is 1. The highest BCUT2D eigenvalue weighted by molar-refractivity contribution is 5.27. The van der Waals surface area contributed by atoms with Gasteiger partial charge in [0.05, 0.1) is 0 Å². The lowest BCUT2D eigenvalue weighted by Gasteiger charge is -2.23. The van der Waals surface area contributed by atoms with Crippen LogP contribution in [0.2, 0.25) is 0 Å². The molecule has 0 aliphatic heterocycles. The highest BCUT2D eigenvalue weighted by atomic mass is 16.5. The molecule has 1 unspecified atom stereocenters. The fourth-order valence-corrected chi connectivity index (χ4v) is 3.03. The topological polar surface area (TPSA) is 58.7 Å². The molecule has 0 heterocycles. The Hall–Kier alpha value is -1.10. The molecule has 2 rings (SSSR count). The van der Waals surface area contributed by atoms with E-state index in [1.165, 1.54) is 25.7 Å². The molecule has 1 aromatic rings. The molecule has 21 heavy (non-hydrogen) atoms. The SMILES string of the molecule is CN(CC(O)COc1ccc(CN)cc1)CC1CCCC1. The average Bonchev–Trinajstić information content (AvgIpc) is 2.98. The second-order valence-electron chi connectivity index (χ2n) is 6.18. The van der Waals surface area contributed by atoms with Crippen molar-refractivity contribution in [2.75, 3.05) is 26.7 Å². The summed E-state index contributed by atoms with van der Waals surface area (Å²) in [6, 6.07) is 7.70. The Morgan fingerprint density at radius 2 is 1.95 bits per heavy atom. The normalized spacial score (nSPS) is 17.3. The molecule has 1 atom stereocenters. The highest BCUT2D eigenvalue weighted by Crippen LogP contribution is 2.25. The predicted octanol–water partition coefficient (Wildman–Crippen LogP) is 2.01. The molecule has 0 spiro atoms.